The molecular formula is C14H21NO3. The van der Waals surface area contributed by atoms with Gasteiger partial charge in [-0.2, -0.15) is 0 Å². The number of phenols is 1. The van der Waals surface area contributed by atoms with Gasteiger partial charge in [0.25, 0.3) is 5.91 Å². The van der Waals surface area contributed by atoms with Crippen LogP contribution >= 0.6 is 0 Å². The van der Waals surface area contributed by atoms with Crippen molar-refractivity contribution in [2.75, 3.05) is 14.2 Å². The number of hydrogen-bond acceptors (Lipinski definition) is 3. The Labute approximate surface area is 108 Å². The molecule has 4 nitrogen and oxygen atoms in total. The van der Waals surface area contributed by atoms with Crippen molar-refractivity contribution in [3.05, 3.63) is 23.8 Å². The van der Waals surface area contributed by atoms with Gasteiger partial charge in [0.2, 0.25) is 0 Å². The van der Waals surface area contributed by atoms with Crippen LogP contribution in [0.15, 0.2) is 18.2 Å². The van der Waals surface area contributed by atoms with E-state index >= 15 is 0 Å². The van der Waals surface area contributed by atoms with Crippen LogP contribution in [0.4, 0.5) is 0 Å². The fraction of sp³-hybridized carbons (Fsp3) is 0.500. The lowest BCUT2D eigenvalue weighted by atomic mass is 10.1. The number of amides is 1. The third-order valence-corrected chi connectivity index (χ3v) is 3.24. The predicted octanol–water partition coefficient (Wildman–Crippen LogP) is 2.66. The summed E-state index contributed by atoms with van der Waals surface area (Å²) < 4.78 is 5.07. The zero-order valence-electron chi connectivity index (χ0n) is 11.4. The van der Waals surface area contributed by atoms with Crippen molar-refractivity contribution >= 4 is 5.91 Å². The number of rotatable bonds is 5. The average molecular weight is 251 g/mol. The summed E-state index contributed by atoms with van der Waals surface area (Å²) in [6.07, 6.45) is 1.78. The van der Waals surface area contributed by atoms with E-state index < -0.39 is 0 Å². The second-order valence-electron chi connectivity index (χ2n) is 4.27. The van der Waals surface area contributed by atoms with Crippen molar-refractivity contribution in [3.8, 4) is 11.5 Å². The number of methoxy groups -OCH3 is 1. The summed E-state index contributed by atoms with van der Waals surface area (Å²) in [6.45, 7) is 4.09. The van der Waals surface area contributed by atoms with Crippen LogP contribution in [-0.2, 0) is 0 Å². The van der Waals surface area contributed by atoms with Gasteiger partial charge in [-0.1, -0.05) is 13.8 Å². The van der Waals surface area contributed by atoms with Crippen LogP contribution in [0, 0.1) is 0 Å². The van der Waals surface area contributed by atoms with Gasteiger partial charge in [-0.05, 0) is 31.0 Å². The summed E-state index contributed by atoms with van der Waals surface area (Å²) in [6, 6.07) is 4.86. The third kappa shape index (κ3) is 2.94. The zero-order valence-corrected chi connectivity index (χ0v) is 11.4. The third-order valence-electron chi connectivity index (χ3n) is 3.24. The van der Waals surface area contributed by atoms with E-state index in [-0.39, 0.29) is 23.3 Å². The standard InChI is InChI=1S/C14H21NO3/c1-5-10(6-2)15(3)14(17)12-9-11(18-4)7-8-13(12)16/h7-10,16H,5-6H2,1-4H3. The Morgan fingerprint density at radius 2 is 2.00 bits per heavy atom. The minimum absolute atomic E-state index is 0.0152. The van der Waals surface area contributed by atoms with E-state index in [1.54, 1.807) is 24.1 Å². The van der Waals surface area contributed by atoms with Gasteiger partial charge in [-0.15, -0.1) is 0 Å². The van der Waals surface area contributed by atoms with Gasteiger partial charge >= 0.3 is 0 Å². The summed E-state index contributed by atoms with van der Waals surface area (Å²) >= 11 is 0. The Kier molecular flexibility index (Phi) is 5.01. The summed E-state index contributed by atoms with van der Waals surface area (Å²) in [5, 5.41) is 9.77. The van der Waals surface area contributed by atoms with Crippen LogP contribution < -0.4 is 4.74 Å². The van der Waals surface area contributed by atoms with Crippen LogP contribution in [0.3, 0.4) is 0 Å². The molecular weight excluding hydrogens is 230 g/mol. The molecule has 0 aliphatic rings. The van der Waals surface area contributed by atoms with Crippen LogP contribution in [0.1, 0.15) is 37.0 Å². The number of hydrogen-bond donors (Lipinski definition) is 1. The first-order chi connectivity index (χ1) is 8.54. The van der Waals surface area contributed by atoms with Crippen molar-refractivity contribution < 1.29 is 14.6 Å². The molecule has 18 heavy (non-hydrogen) atoms. The van der Waals surface area contributed by atoms with Gasteiger partial charge in [-0.3, -0.25) is 4.79 Å². The van der Waals surface area contributed by atoms with E-state index in [2.05, 4.69) is 0 Å². The summed E-state index contributed by atoms with van der Waals surface area (Å²) in [7, 11) is 3.30. The van der Waals surface area contributed by atoms with Crippen molar-refractivity contribution in [1.82, 2.24) is 4.90 Å². The maximum atomic E-state index is 12.3. The van der Waals surface area contributed by atoms with Gasteiger partial charge < -0.3 is 14.7 Å². The highest BCUT2D eigenvalue weighted by Gasteiger charge is 2.21. The number of aromatic hydroxyl groups is 1. The van der Waals surface area contributed by atoms with Crippen LogP contribution in [0.25, 0.3) is 0 Å². The lowest BCUT2D eigenvalue weighted by molar-refractivity contribution is 0.0720. The normalized spacial score (nSPS) is 10.5. The topological polar surface area (TPSA) is 49.8 Å². The summed E-state index contributed by atoms with van der Waals surface area (Å²) in [4.78, 5) is 14.0. The zero-order chi connectivity index (χ0) is 13.7. The first kappa shape index (κ1) is 14.4. The molecule has 0 saturated carbocycles. The minimum Gasteiger partial charge on any atom is -0.507 e. The second kappa shape index (κ2) is 6.28. The molecule has 0 spiro atoms. The van der Waals surface area contributed by atoms with E-state index in [1.165, 1.54) is 13.2 Å². The van der Waals surface area contributed by atoms with Gasteiger partial charge in [0.1, 0.15) is 11.5 Å². The fourth-order valence-electron chi connectivity index (χ4n) is 2.01. The lowest BCUT2D eigenvalue weighted by Crippen LogP contribution is -2.36. The molecule has 1 aromatic carbocycles. The molecule has 1 rings (SSSR count). The molecule has 1 aromatic rings. The molecule has 0 saturated heterocycles. The fourth-order valence-corrected chi connectivity index (χ4v) is 2.01. The number of nitrogens with zero attached hydrogens (tertiary/aromatic N) is 1. The van der Waals surface area contributed by atoms with Gasteiger partial charge in [0, 0.05) is 13.1 Å². The molecule has 0 atom stereocenters. The number of benzene rings is 1. The molecule has 0 aliphatic heterocycles. The molecule has 0 unspecified atom stereocenters. The second-order valence-corrected chi connectivity index (χ2v) is 4.27. The largest absolute Gasteiger partial charge is 0.507 e. The van der Waals surface area contributed by atoms with Crippen LogP contribution in [0.5, 0.6) is 11.5 Å². The highest BCUT2D eigenvalue weighted by molar-refractivity contribution is 5.97. The number of phenolic OH excluding ortho intramolecular Hbond substituents is 1. The minimum atomic E-state index is -0.180. The Bertz CT molecular complexity index is 414. The predicted molar refractivity (Wildman–Crippen MR) is 71.1 cm³/mol. The van der Waals surface area contributed by atoms with Gasteiger partial charge in [0.15, 0.2) is 0 Å². The lowest BCUT2D eigenvalue weighted by Gasteiger charge is -2.26. The monoisotopic (exact) mass is 251 g/mol. The molecule has 0 radical (unpaired) electrons. The smallest absolute Gasteiger partial charge is 0.257 e. The quantitative estimate of drug-likeness (QED) is 0.875. The van der Waals surface area contributed by atoms with Crippen LogP contribution in [-0.4, -0.2) is 36.1 Å². The van der Waals surface area contributed by atoms with E-state index in [4.69, 9.17) is 4.74 Å². The van der Waals surface area contributed by atoms with E-state index in [0.717, 1.165) is 12.8 Å². The van der Waals surface area contributed by atoms with E-state index in [9.17, 15) is 9.90 Å². The number of ether oxygens (including phenoxy) is 1. The molecule has 1 N–H and O–H groups in total. The highest BCUT2D eigenvalue weighted by atomic mass is 16.5. The molecule has 0 aliphatic carbocycles. The van der Waals surface area contributed by atoms with Gasteiger partial charge in [0.05, 0.1) is 12.7 Å². The van der Waals surface area contributed by atoms with E-state index in [1.807, 2.05) is 13.8 Å². The molecule has 0 fully saturated rings. The van der Waals surface area contributed by atoms with Crippen molar-refractivity contribution in [3.63, 3.8) is 0 Å². The molecule has 100 valence electrons. The van der Waals surface area contributed by atoms with Crippen molar-refractivity contribution in [2.45, 2.75) is 32.7 Å². The van der Waals surface area contributed by atoms with E-state index in [0.29, 0.717) is 5.75 Å². The summed E-state index contributed by atoms with van der Waals surface area (Å²) in [5.74, 6) is 0.368. The molecule has 0 bridgehead atoms. The Balaban J connectivity index is 3.02. The maximum absolute atomic E-state index is 12.3. The summed E-state index contributed by atoms with van der Waals surface area (Å²) in [5.41, 5.74) is 0.281. The first-order valence-electron chi connectivity index (χ1n) is 6.19. The number of carbonyl (C=O) groups excluding carboxylic acids is 1. The number of carbonyl (C=O) groups is 1. The average Bonchev–Trinajstić information content (AvgIpc) is 2.39. The maximum Gasteiger partial charge on any atom is 0.257 e. The highest BCUT2D eigenvalue weighted by Crippen LogP contribution is 2.25. The molecule has 4 heteroatoms. The van der Waals surface area contributed by atoms with Crippen molar-refractivity contribution in [1.29, 1.82) is 0 Å². The SMILES string of the molecule is CCC(CC)N(C)C(=O)c1cc(OC)ccc1O. The Morgan fingerprint density at radius 1 is 1.39 bits per heavy atom. The molecule has 0 aromatic heterocycles. The van der Waals surface area contributed by atoms with Gasteiger partial charge in [-0.25, -0.2) is 0 Å². The van der Waals surface area contributed by atoms with Crippen molar-refractivity contribution in [2.24, 2.45) is 0 Å². The first-order valence-corrected chi connectivity index (χ1v) is 6.19. The Morgan fingerprint density at radius 3 is 2.50 bits per heavy atom. The molecule has 0 heterocycles. The Hall–Kier alpha value is -1.71. The molecule has 1 amide bonds. The van der Waals surface area contributed by atoms with Crippen LogP contribution in [0.2, 0.25) is 0 Å².